The van der Waals surface area contributed by atoms with Crippen LogP contribution < -0.4 is 10.6 Å². The molecule has 1 amide bonds. The summed E-state index contributed by atoms with van der Waals surface area (Å²) in [7, 11) is -1.79. The van der Waals surface area contributed by atoms with E-state index in [1.165, 1.54) is 12.1 Å². The predicted molar refractivity (Wildman–Crippen MR) is 128 cm³/mol. The van der Waals surface area contributed by atoms with Gasteiger partial charge in [0.15, 0.2) is 9.84 Å². The minimum Gasteiger partial charge on any atom is -0.368 e. The Hall–Kier alpha value is -2.68. The third kappa shape index (κ3) is 6.18. The zero-order chi connectivity index (χ0) is 23.1. The van der Waals surface area contributed by atoms with Crippen molar-refractivity contribution in [3.63, 3.8) is 0 Å². The summed E-state index contributed by atoms with van der Waals surface area (Å²) in [5.41, 5.74) is 2.58. The lowest BCUT2D eigenvalue weighted by Gasteiger charge is -2.15. The molecule has 0 fully saturated rings. The number of rotatable bonds is 9. The number of likely N-dealkylation sites (N-methyl/N-ethyl adjacent to an activating group) is 1. The van der Waals surface area contributed by atoms with Crippen molar-refractivity contribution >= 4 is 33.2 Å². The van der Waals surface area contributed by atoms with Gasteiger partial charge in [-0.2, -0.15) is 0 Å². The molecule has 0 saturated heterocycles. The van der Waals surface area contributed by atoms with Crippen molar-refractivity contribution in [1.29, 1.82) is 0 Å². The van der Waals surface area contributed by atoms with E-state index in [9.17, 15) is 13.2 Å². The lowest BCUT2D eigenvalue weighted by molar-refractivity contribution is -0.125. The fourth-order valence-electron chi connectivity index (χ4n) is 3.28. The Morgan fingerprint density at radius 2 is 2.00 bits per heavy atom. The molecule has 0 radical (unpaired) electrons. The fourth-order valence-corrected chi connectivity index (χ4v) is 4.91. The molecule has 32 heavy (non-hydrogen) atoms. The second kappa shape index (κ2) is 10.8. The van der Waals surface area contributed by atoms with Crippen molar-refractivity contribution in [3.8, 4) is 0 Å². The Kier molecular flexibility index (Phi) is 8.06. The lowest BCUT2D eigenvalue weighted by atomic mass is 10.1. The normalized spacial score (nSPS) is 13.8. The van der Waals surface area contributed by atoms with Crippen molar-refractivity contribution in [3.05, 3.63) is 76.3 Å². The summed E-state index contributed by atoms with van der Waals surface area (Å²) in [5, 5.41) is 6.49. The minimum atomic E-state index is -3.52. The Morgan fingerprint density at radius 1 is 1.25 bits per heavy atom. The van der Waals surface area contributed by atoms with Gasteiger partial charge in [-0.15, -0.1) is 0 Å². The Labute approximate surface area is 194 Å². The first-order valence-corrected chi connectivity index (χ1v) is 12.3. The van der Waals surface area contributed by atoms with Gasteiger partial charge in [0.05, 0.1) is 11.4 Å². The summed E-state index contributed by atoms with van der Waals surface area (Å²) in [4.78, 5) is 18.5. The SMILES string of the molecule is Cc1c(Cl)cccc1S(=O)(=O)CNC/C=C/C(=O)N(C)Cc1ccc(C2=NCCN2)cc1. The van der Waals surface area contributed by atoms with E-state index in [0.717, 1.165) is 30.1 Å². The first kappa shape index (κ1) is 24.0. The highest BCUT2D eigenvalue weighted by molar-refractivity contribution is 7.91. The number of benzene rings is 2. The molecular weight excluding hydrogens is 448 g/mol. The molecular formula is C23H27ClN4O3S. The molecule has 7 nitrogen and oxygen atoms in total. The average Bonchev–Trinajstić information content (AvgIpc) is 3.30. The smallest absolute Gasteiger partial charge is 0.246 e. The van der Waals surface area contributed by atoms with Crippen LogP contribution in [0.3, 0.4) is 0 Å². The number of amidine groups is 1. The number of sulfone groups is 1. The van der Waals surface area contributed by atoms with Crippen LogP contribution in [0, 0.1) is 6.92 Å². The molecule has 0 atom stereocenters. The number of halogens is 1. The van der Waals surface area contributed by atoms with Crippen LogP contribution in [0.25, 0.3) is 0 Å². The summed E-state index contributed by atoms with van der Waals surface area (Å²) >= 11 is 6.02. The maximum Gasteiger partial charge on any atom is 0.246 e. The molecule has 3 rings (SSSR count). The van der Waals surface area contributed by atoms with Crippen LogP contribution in [0.1, 0.15) is 16.7 Å². The maximum absolute atomic E-state index is 12.5. The van der Waals surface area contributed by atoms with Gasteiger partial charge in [0.2, 0.25) is 5.91 Å². The van der Waals surface area contributed by atoms with Crippen LogP contribution >= 0.6 is 11.6 Å². The van der Waals surface area contributed by atoms with Crippen LogP contribution in [-0.4, -0.2) is 57.6 Å². The summed E-state index contributed by atoms with van der Waals surface area (Å²) in [6.07, 6.45) is 3.06. The number of carbonyl (C=O) groups is 1. The van der Waals surface area contributed by atoms with Crippen LogP contribution in [-0.2, 0) is 21.2 Å². The van der Waals surface area contributed by atoms with Crippen molar-refractivity contribution in [2.75, 3.05) is 32.6 Å². The molecule has 0 aromatic heterocycles. The van der Waals surface area contributed by atoms with Gasteiger partial charge in [0.1, 0.15) is 11.7 Å². The molecule has 0 unspecified atom stereocenters. The van der Waals surface area contributed by atoms with Crippen LogP contribution in [0.4, 0.5) is 0 Å². The first-order valence-electron chi connectivity index (χ1n) is 10.3. The predicted octanol–water partition coefficient (Wildman–Crippen LogP) is 2.53. The molecule has 0 saturated carbocycles. The number of amides is 1. The van der Waals surface area contributed by atoms with Gasteiger partial charge >= 0.3 is 0 Å². The second-order valence-corrected chi connectivity index (χ2v) is 9.89. The van der Waals surface area contributed by atoms with E-state index in [1.807, 2.05) is 24.3 Å². The Morgan fingerprint density at radius 3 is 2.69 bits per heavy atom. The molecule has 2 aromatic carbocycles. The maximum atomic E-state index is 12.5. The molecule has 1 heterocycles. The number of aliphatic imine (C=N–C) groups is 1. The average molecular weight is 475 g/mol. The topological polar surface area (TPSA) is 90.9 Å². The molecule has 1 aliphatic heterocycles. The summed E-state index contributed by atoms with van der Waals surface area (Å²) < 4.78 is 25.0. The van der Waals surface area contributed by atoms with E-state index >= 15 is 0 Å². The van der Waals surface area contributed by atoms with Crippen molar-refractivity contribution in [2.45, 2.75) is 18.4 Å². The Balaban J connectivity index is 1.46. The fraction of sp³-hybridized carbons (Fsp3) is 0.304. The number of hydrogen-bond acceptors (Lipinski definition) is 6. The molecule has 0 bridgehead atoms. The first-order chi connectivity index (χ1) is 15.3. The van der Waals surface area contributed by atoms with Gasteiger partial charge in [0, 0.05) is 43.3 Å². The standard InChI is InChI=1S/C23H27ClN4O3S/c1-17-20(24)5-3-6-21(17)32(30,31)16-25-12-4-7-22(29)28(2)15-18-8-10-19(11-9-18)23-26-13-14-27-23/h3-11,25H,12-16H2,1-2H3,(H,26,27)/b7-4+. The monoisotopic (exact) mass is 474 g/mol. The Bertz CT molecular complexity index is 1130. The molecule has 1 aliphatic rings. The number of carbonyl (C=O) groups excluding carboxylic acids is 1. The molecule has 170 valence electrons. The largest absolute Gasteiger partial charge is 0.368 e. The number of nitrogens with zero attached hydrogens (tertiary/aromatic N) is 2. The van der Waals surface area contributed by atoms with E-state index in [-0.39, 0.29) is 23.2 Å². The third-order valence-electron chi connectivity index (χ3n) is 5.07. The van der Waals surface area contributed by atoms with Gasteiger partial charge in [0.25, 0.3) is 0 Å². The third-order valence-corrected chi connectivity index (χ3v) is 7.17. The lowest BCUT2D eigenvalue weighted by Crippen LogP contribution is -2.26. The quantitative estimate of drug-likeness (QED) is 0.430. The zero-order valence-electron chi connectivity index (χ0n) is 18.1. The van der Waals surface area contributed by atoms with Crippen LogP contribution in [0.5, 0.6) is 0 Å². The van der Waals surface area contributed by atoms with Gasteiger partial charge in [-0.25, -0.2) is 8.42 Å². The molecule has 0 aliphatic carbocycles. The highest BCUT2D eigenvalue weighted by Gasteiger charge is 2.17. The van der Waals surface area contributed by atoms with Crippen molar-refractivity contribution < 1.29 is 13.2 Å². The summed E-state index contributed by atoms with van der Waals surface area (Å²) in [5.74, 6) is 0.505. The van der Waals surface area contributed by atoms with Crippen molar-refractivity contribution in [2.24, 2.45) is 4.99 Å². The molecule has 0 spiro atoms. The second-order valence-electron chi connectivity index (χ2n) is 7.53. The van der Waals surface area contributed by atoms with E-state index < -0.39 is 9.84 Å². The summed E-state index contributed by atoms with van der Waals surface area (Å²) in [6.45, 7) is 4.06. The van der Waals surface area contributed by atoms with E-state index in [0.29, 0.717) is 17.1 Å². The summed E-state index contributed by atoms with van der Waals surface area (Å²) in [6, 6.07) is 12.8. The van der Waals surface area contributed by atoms with Crippen LogP contribution in [0.2, 0.25) is 5.02 Å². The van der Waals surface area contributed by atoms with Gasteiger partial charge in [-0.05, 0) is 30.2 Å². The molecule has 9 heteroatoms. The highest BCUT2D eigenvalue weighted by Crippen LogP contribution is 2.23. The van der Waals surface area contributed by atoms with Gasteiger partial charge in [-0.3, -0.25) is 15.1 Å². The number of nitrogens with one attached hydrogen (secondary N) is 2. The molecule has 2 aromatic rings. The number of hydrogen-bond donors (Lipinski definition) is 2. The van der Waals surface area contributed by atoms with Crippen molar-refractivity contribution in [1.82, 2.24) is 15.5 Å². The van der Waals surface area contributed by atoms with E-state index in [1.54, 1.807) is 37.1 Å². The zero-order valence-corrected chi connectivity index (χ0v) is 19.7. The highest BCUT2D eigenvalue weighted by atomic mass is 35.5. The minimum absolute atomic E-state index is 0.161. The van der Waals surface area contributed by atoms with Gasteiger partial charge < -0.3 is 10.2 Å². The van der Waals surface area contributed by atoms with Crippen LogP contribution in [0.15, 0.2) is 64.5 Å². The van der Waals surface area contributed by atoms with Gasteiger partial charge in [-0.1, -0.05) is 48.0 Å². The molecule has 2 N–H and O–H groups in total. The van der Waals surface area contributed by atoms with E-state index in [2.05, 4.69) is 15.6 Å². The van der Waals surface area contributed by atoms with E-state index in [4.69, 9.17) is 11.6 Å².